The van der Waals surface area contributed by atoms with Crippen molar-refractivity contribution in [3.8, 4) is 0 Å². The van der Waals surface area contributed by atoms with Crippen LogP contribution in [0.25, 0.3) is 0 Å². The number of hydrogen-bond donors (Lipinski definition) is 1. The summed E-state index contributed by atoms with van der Waals surface area (Å²) >= 11 is 5.59. The Balaban J connectivity index is 2.64. The van der Waals surface area contributed by atoms with E-state index in [1.165, 1.54) is 5.56 Å². The van der Waals surface area contributed by atoms with Crippen LogP contribution in [0.5, 0.6) is 0 Å². The number of benzene rings is 1. The first kappa shape index (κ1) is 14.0. The summed E-state index contributed by atoms with van der Waals surface area (Å²) in [4.78, 5) is 11.8. The average Bonchev–Trinajstić information content (AvgIpc) is 2.32. The maximum Gasteiger partial charge on any atom is 0.224 e. The van der Waals surface area contributed by atoms with Crippen LogP contribution in [-0.2, 0) is 11.2 Å². The van der Waals surface area contributed by atoms with Crippen molar-refractivity contribution in [3.63, 3.8) is 0 Å². The molecule has 1 aromatic carbocycles. The van der Waals surface area contributed by atoms with Gasteiger partial charge in [-0.1, -0.05) is 25.1 Å². The Morgan fingerprint density at radius 1 is 1.35 bits per heavy atom. The topological polar surface area (TPSA) is 29.1 Å². The molecule has 1 amide bonds. The molecule has 3 heteroatoms. The number of nitrogens with one attached hydrogen (secondary N) is 1. The van der Waals surface area contributed by atoms with Crippen LogP contribution in [0.1, 0.15) is 37.3 Å². The molecule has 1 rings (SSSR count). The third-order valence-electron chi connectivity index (χ3n) is 2.79. The Kier molecular flexibility index (Phi) is 6.06. The van der Waals surface area contributed by atoms with E-state index in [0.717, 1.165) is 30.5 Å². The zero-order valence-corrected chi connectivity index (χ0v) is 11.3. The minimum atomic E-state index is 0.0825. The number of para-hydroxylation sites is 1. The van der Waals surface area contributed by atoms with E-state index in [9.17, 15) is 4.79 Å². The molecule has 0 saturated carbocycles. The molecule has 0 fully saturated rings. The van der Waals surface area contributed by atoms with Crippen molar-refractivity contribution in [1.29, 1.82) is 0 Å². The van der Waals surface area contributed by atoms with E-state index < -0.39 is 0 Å². The molecule has 1 aromatic rings. The molecule has 0 spiro atoms. The molecule has 0 bridgehead atoms. The smallest absolute Gasteiger partial charge is 0.224 e. The molecule has 94 valence electrons. The molecule has 0 heterocycles. The summed E-state index contributed by atoms with van der Waals surface area (Å²) in [7, 11) is 0. The maximum atomic E-state index is 11.8. The van der Waals surface area contributed by atoms with Crippen LogP contribution in [-0.4, -0.2) is 11.8 Å². The van der Waals surface area contributed by atoms with E-state index in [1.807, 2.05) is 19.1 Å². The highest BCUT2D eigenvalue weighted by Gasteiger charge is 2.07. The number of carbonyl (C=O) groups excluding carboxylic acids is 1. The summed E-state index contributed by atoms with van der Waals surface area (Å²) in [5.41, 5.74) is 3.29. The van der Waals surface area contributed by atoms with Gasteiger partial charge in [-0.25, -0.2) is 0 Å². The van der Waals surface area contributed by atoms with Crippen molar-refractivity contribution in [2.24, 2.45) is 0 Å². The Bertz CT molecular complexity index is 376. The van der Waals surface area contributed by atoms with E-state index >= 15 is 0 Å². The van der Waals surface area contributed by atoms with Gasteiger partial charge in [-0.3, -0.25) is 4.79 Å². The first-order chi connectivity index (χ1) is 8.19. The monoisotopic (exact) mass is 253 g/mol. The largest absolute Gasteiger partial charge is 0.326 e. The minimum absolute atomic E-state index is 0.0825. The Morgan fingerprint density at radius 2 is 2.12 bits per heavy atom. The number of carbonyl (C=O) groups is 1. The van der Waals surface area contributed by atoms with E-state index in [1.54, 1.807) is 0 Å². The Morgan fingerprint density at radius 3 is 2.76 bits per heavy atom. The highest BCUT2D eigenvalue weighted by molar-refractivity contribution is 6.17. The predicted molar refractivity (Wildman–Crippen MR) is 73.8 cm³/mol. The molecule has 0 aliphatic carbocycles. The molecular formula is C14H20ClNO. The highest BCUT2D eigenvalue weighted by Crippen LogP contribution is 2.21. The molecule has 2 nitrogen and oxygen atoms in total. The van der Waals surface area contributed by atoms with Crippen molar-refractivity contribution in [2.75, 3.05) is 11.2 Å². The summed E-state index contributed by atoms with van der Waals surface area (Å²) in [6.07, 6.45) is 3.22. The molecule has 0 aromatic heterocycles. The van der Waals surface area contributed by atoms with Gasteiger partial charge in [-0.2, -0.15) is 0 Å². The van der Waals surface area contributed by atoms with Gasteiger partial charge in [0.2, 0.25) is 5.91 Å². The third kappa shape index (κ3) is 4.39. The lowest BCUT2D eigenvalue weighted by atomic mass is 10.1. The van der Waals surface area contributed by atoms with Gasteiger partial charge in [0.1, 0.15) is 0 Å². The van der Waals surface area contributed by atoms with E-state index in [0.29, 0.717) is 12.3 Å². The fourth-order valence-electron chi connectivity index (χ4n) is 1.78. The van der Waals surface area contributed by atoms with Crippen LogP contribution < -0.4 is 5.32 Å². The number of alkyl halides is 1. The first-order valence-electron chi connectivity index (χ1n) is 6.13. The fraction of sp³-hybridized carbons (Fsp3) is 0.500. The molecule has 0 saturated heterocycles. The van der Waals surface area contributed by atoms with Crippen molar-refractivity contribution >= 4 is 23.2 Å². The van der Waals surface area contributed by atoms with Gasteiger partial charge in [-0.05, 0) is 37.3 Å². The molecule has 0 aliphatic rings. The maximum absolute atomic E-state index is 11.8. The van der Waals surface area contributed by atoms with Crippen LogP contribution >= 0.6 is 11.6 Å². The van der Waals surface area contributed by atoms with E-state index in [-0.39, 0.29) is 5.91 Å². The zero-order chi connectivity index (χ0) is 12.7. The molecule has 0 aliphatic heterocycles. The summed E-state index contributed by atoms with van der Waals surface area (Å²) in [5, 5.41) is 3.01. The summed E-state index contributed by atoms with van der Waals surface area (Å²) in [5.74, 6) is 0.705. The normalized spacial score (nSPS) is 10.3. The van der Waals surface area contributed by atoms with Crippen LogP contribution in [0, 0.1) is 6.92 Å². The van der Waals surface area contributed by atoms with Gasteiger partial charge in [0.25, 0.3) is 0 Å². The second kappa shape index (κ2) is 7.33. The van der Waals surface area contributed by atoms with Crippen molar-refractivity contribution in [2.45, 2.75) is 39.5 Å². The van der Waals surface area contributed by atoms with Gasteiger partial charge in [0, 0.05) is 18.0 Å². The van der Waals surface area contributed by atoms with Crippen LogP contribution in [0.4, 0.5) is 5.69 Å². The third-order valence-corrected chi connectivity index (χ3v) is 3.06. The quantitative estimate of drug-likeness (QED) is 0.605. The molecule has 1 N–H and O–H groups in total. The second-order valence-electron chi connectivity index (χ2n) is 4.16. The molecule has 0 atom stereocenters. The number of unbranched alkanes of at least 4 members (excludes halogenated alkanes) is 1. The Hall–Kier alpha value is -1.02. The number of amides is 1. The van der Waals surface area contributed by atoms with Crippen LogP contribution in [0.3, 0.4) is 0 Å². The fourth-order valence-corrected chi connectivity index (χ4v) is 1.97. The molecular weight excluding hydrogens is 234 g/mol. The standard InChI is InChI=1S/C14H20ClNO/c1-3-12-8-6-7-11(2)14(12)16-13(17)9-4-5-10-15/h6-8H,3-5,9-10H2,1-2H3,(H,16,17). The number of aryl methyl sites for hydroxylation is 2. The second-order valence-corrected chi connectivity index (χ2v) is 4.53. The SMILES string of the molecule is CCc1cccc(C)c1NC(=O)CCCCCl. The van der Waals surface area contributed by atoms with Crippen molar-refractivity contribution < 1.29 is 4.79 Å². The zero-order valence-electron chi connectivity index (χ0n) is 10.6. The van der Waals surface area contributed by atoms with Crippen molar-refractivity contribution in [1.82, 2.24) is 0 Å². The van der Waals surface area contributed by atoms with Gasteiger partial charge in [0.15, 0.2) is 0 Å². The average molecular weight is 254 g/mol. The predicted octanol–water partition coefficient (Wildman–Crippen LogP) is 3.91. The molecule has 0 radical (unpaired) electrons. The lowest BCUT2D eigenvalue weighted by Gasteiger charge is -2.12. The van der Waals surface area contributed by atoms with Gasteiger partial charge < -0.3 is 5.32 Å². The highest BCUT2D eigenvalue weighted by atomic mass is 35.5. The number of hydrogen-bond acceptors (Lipinski definition) is 1. The van der Waals surface area contributed by atoms with Crippen LogP contribution in [0.2, 0.25) is 0 Å². The Labute approximate surface area is 108 Å². The van der Waals surface area contributed by atoms with E-state index in [2.05, 4.69) is 18.3 Å². The van der Waals surface area contributed by atoms with Gasteiger partial charge in [-0.15, -0.1) is 11.6 Å². The minimum Gasteiger partial charge on any atom is -0.326 e. The lowest BCUT2D eigenvalue weighted by Crippen LogP contribution is -2.13. The van der Waals surface area contributed by atoms with Crippen molar-refractivity contribution in [3.05, 3.63) is 29.3 Å². The van der Waals surface area contributed by atoms with E-state index in [4.69, 9.17) is 11.6 Å². The lowest BCUT2D eigenvalue weighted by molar-refractivity contribution is -0.116. The van der Waals surface area contributed by atoms with Gasteiger partial charge in [0.05, 0.1) is 0 Å². The summed E-state index contributed by atoms with van der Waals surface area (Å²) in [6, 6.07) is 6.10. The summed E-state index contributed by atoms with van der Waals surface area (Å²) in [6.45, 7) is 4.12. The van der Waals surface area contributed by atoms with Gasteiger partial charge >= 0.3 is 0 Å². The number of anilines is 1. The summed E-state index contributed by atoms with van der Waals surface area (Å²) < 4.78 is 0. The number of halogens is 1. The van der Waals surface area contributed by atoms with Crippen LogP contribution in [0.15, 0.2) is 18.2 Å². The molecule has 0 unspecified atom stereocenters. The first-order valence-corrected chi connectivity index (χ1v) is 6.66. The molecule has 17 heavy (non-hydrogen) atoms. The number of rotatable bonds is 6.